The molecule has 11 heavy (non-hydrogen) atoms. The molecule has 0 spiro atoms. The van der Waals surface area contributed by atoms with Gasteiger partial charge in [0, 0.05) is 6.42 Å². The van der Waals surface area contributed by atoms with Gasteiger partial charge >= 0.3 is 0 Å². The van der Waals surface area contributed by atoms with Gasteiger partial charge in [0.15, 0.2) is 0 Å². The zero-order valence-corrected chi connectivity index (χ0v) is 6.20. The summed E-state index contributed by atoms with van der Waals surface area (Å²) in [6.07, 6.45) is 10.4. The Morgan fingerprint density at radius 3 is 2.45 bits per heavy atom. The summed E-state index contributed by atoms with van der Waals surface area (Å²) in [6, 6.07) is 8.36. The topological polar surface area (TPSA) is 0 Å². The molecule has 0 bridgehead atoms. The van der Waals surface area contributed by atoms with Crippen molar-refractivity contribution in [3.05, 3.63) is 60.0 Å². The second-order valence-electron chi connectivity index (χ2n) is 2.54. The summed E-state index contributed by atoms with van der Waals surface area (Å²) in [5, 5.41) is 0. The number of benzene rings is 1. The molecule has 2 rings (SSSR count). The molecule has 0 aromatic heterocycles. The van der Waals surface area contributed by atoms with Crippen molar-refractivity contribution < 1.29 is 0 Å². The molecular weight excluding hydrogens is 132 g/mol. The highest BCUT2D eigenvalue weighted by atomic mass is 14.0. The van der Waals surface area contributed by atoms with E-state index >= 15 is 0 Å². The van der Waals surface area contributed by atoms with Gasteiger partial charge in [0.25, 0.3) is 0 Å². The predicted octanol–water partition coefficient (Wildman–Crippen LogP) is 2.82. The Labute approximate surface area is 66.9 Å². The van der Waals surface area contributed by atoms with E-state index in [-0.39, 0.29) is 0 Å². The molecule has 0 nitrogen and oxygen atoms in total. The van der Waals surface area contributed by atoms with Crippen molar-refractivity contribution in [1.29, 1.82) is 0 Å². The van der Waals surface area contributed by atoms with Gasteiger partial charge in [0.2, 0.25) is 0 Å². The number of fused-ring (bicyclic) bond motifs is 1. The molecule has 0 heterocycles. The molecule has 0 amide bonds. The summed E-state index contributed by atoms with van der Waals surface area (Å²) in [5.74, 6) is 0. The van der Waals surface area contributed by atoms with Crippen LogP contribution in [0.25, 0.3) is 6.08 Å². The number of hydrogen-bond donors (Lipinski definition) is 0. The maximum atomic E-state index is 2.12. The summed E-state index contributed by atoms with van der Waals surface area (Å²) < 4.78 is 0. The fraction of sp³-hybridized carbons (Fsp3) is 0. The minimum absolute atomic E-state index is 1.29. The predicted molar refractivity (Wildman–Crippen MR) is 48.0 cm³/mol. The van der Waals surface area contributed by atoms with E-state index in [9.17, 15) is 0 Å². The average Bonchev–Trinajstić information content (AvgIpc) is 2.28. The summed E-state index contributed by atoms with van der Waals surface area (Å²) >= 11 is 0. The molecule has 1 aliphatic carbocycles. The van der Waals surface area contributed by atoms with Crippen LogP contribution in [0.4, 0.5) is 0 Å². The first-order valence-corrected chi connectivity index (χ1v) is 3.74. The maximum Gasteiger partial charge on any atom is 0.0131 e. The molecule has 1 radical (unpaired) electrons. The molecule has 1 aromatic carbocycles. The van der Waals surface area contributed by atoms with Gasteiger partial charge in [0.1, 0.15) is 0 Å². The van der Waals surface area contributed by atoms with E-state index in [1.807, 2.05) is 6.08 Å². The van der Waals surface area contributed by atoms with Gasteiger partial charge in [-0.15, -0.1) is 0 Å². The lowest BCUT2D eigenvalue weighted by Crippen LogP contribution is -1.81. The lowest BCUT2D eigenvalue weighted by molar-refractivity contribution is 1.50. The SMILES string of the molecule is [CH]1C=CC=Cc2ccccc21. The minimum Gasteiger partial charge on any atom is -0.0761 e. The largest absolute Gasteiger partial charge is 0.0761 e. The van der Waals surface area contributed by atoms with E-state index in [1.54, 1.807) is 0 Å². The highest BCUT2D eigenvalue weighted by molar-refractivity contribution is 5.60. The second kappa shape index (κ2) is 2.75. The molecule has 0 saturated heterocycles. The van der Waals surface area contributed by atoms with Crippen molar-refractivity contribution in [3.8, 4) is 0 Å². The molecule has 0 saturated carbocycles. The molecular formula is C11H9. The van der Waals surface area contributed by atoms with Crippen LogP contribution in [0.5, 0.6) is 0 Å². The Morgan fingerprint density at radius 2 is 1.55 bits per heavy atom. The zero-order valence-electron chi connectivity index (χ0n) is 6.20. The van der Waals surface area contributed by atoms with Crippen molar-refractivity contribution in [2.45, 2.75) is 0 Å². The van der Waals surface area contributed by atoms with Crippen LogP contribution >= 0.6 is 0 Å². The maximum absolute atomic E-state index is 2.12. The lowest BCUT2D eigenvalue weighted by Gasteiger charge is -1.98. The van der Waals surface area contributed by atoms with E-state index in [1.165, 1.54) is 11.1 Å². The van der Waals surface area contributed by atoms with Gasteiger partial charge < -0.3 is 0 Å². The van der Waals surface area contributed by atoms with E-state index in [0.717, 1.165) is 0 Å². The van der Waals surface area contributed by atoms with E-state index < -0.39 is 0 Å². The summed E-state index contributed by atoms with van der Waals surface area (Å²) in [5.41, 5.74) is 2.58. The standard InChI is InChI=1S/C11H9/c1-2-6-10-8-4-5-9-11(10)7-3-1/h1-9H. The van der Waals surface area contributed by atoms with E-state index in [0.29, 0.717) is 0 Å². The van der Waals surface area contributed by atoms with Crippen LogP contribution in [0, 0.1) is 6.42 Å². The minimum atomic E-state index is 1.29. The molecule has 0 heteroatoms. The summed E-state index contributed by atoms with van der Waals surface area (Å²) in [6.45, 7) is 0. The normalized spacial score (nSPS) is 14.2. The summed E-state index contributed by atoms with van der Waals surface area (Å²) in [4.78, 5) is 0. The summed E-state index contributed by atoms with van der Waals surface area (Å²) in [7, 11) is 0. The van der Waals surface area contributed by atoms with Crippen LogP contribution in [0.15, 0.2) is 42.5 Å². The molecule has 0 atom stereocenters. The number of hydrogen-bond acceptors (Lipinski definition) is 0. The third-order valence-corrected chi connectivity index (χ3v) is 1.77. The quantitative estimate of drug-likeness (QED) is 0.521. The third-order valence-electron chi connectivity index (χ3n) is 1.77. The Hall–Kier alpha value is -1.30. The molecule has 53 valence electrons. The van der Waals surface area contributed by atoms with Gasteiger partial charge in [-0.25, -0.2) is 0 Å². The van der Waals surface area contributed by atoms with Crippen LogP contribution in [0.3, 0.4) is 0 Å². The fourth-order valence-corrected chi connectivity index (χ4v) is 1.20. The van der Waals surface area contributed by atoms with E-state index in [2.05, 4.69) is 48.9 Å². The highest BCUT2D eigenvalue weighted by Gasteiger charge is 1.97. The van der Waals surface area contributed by atoms with Crippen molar-refractivity contribution in [3.63, 3.8) is 0 Å². The Kier molecular flexibility index (Phi) is 1.60. The van der Waals surface area contributed by atoms with Crippen LogP contribution in [-0.2, 0) is 0 Å². The number of rotatable bonds is 0. The van der Waals surface area contributed by atoms with Gasteiger partial charge in [-0.2, -0.15) is 0 Å². The highest BCUT2D eigenvalue weighted by Crippen LogP contribution is 2.15. The zero-order chi connectivity index (χ0) is 7.52. The molecule has 1 aliphatic rings. The molecule has 1 aromatic rings. The lowest BCUT2D eigenvalue weighted by atomic mass is 10.1. The van der Waals surface area contributed by atoms with Crippen LogP contribution in [0.1, 0.15) is 11.1 Å². The smallest absolute Gasteiger partial charge is 0.0131 e. The van der Waals surface area contributed by atoms with Crippen molar-refractivity contribution >= 4 is 6.08 Å². The van der Waals surface area contributed by atoms with Crippen LogP contribution in [-0.4, -0.2) is 0 Å². The molecule has 0 aliphatic heterocycles. The van der Waals surface area contributed by atoms with Gasteiger partial charge in [-0.05, 0) is 11.1 Å². The van der Waals surface area contributed by atoms with Gasteiger partial charge in [0.05, 0.1) is 0 Å². The Bertz CT molecular complexity index is 306. The monoisotopic (exact) mass is 141 g/mol. The molecule has 0 N–H and O–H groups in total. The van der Waals surface area contributed by atoms with Crippen molar-refractivity contribution in [2.24, 2.45) is 0 Å². The number of allylic oxidation sites excluding steroid dienone is 3. The molecule has 0 fully saturated rings. The Morgan fingerprint density at radius 1 is 0.727 bits per heavy atom. The van der Waals surface area contributed by atoms with Gasteiger partial charge in [-0.1, -0.05) is 48.6 Å². The Balaban J connectivity index is 2.52. The van der Waals surface area contributed by atoms with Crippen LogP contribution in [0.2, 0.25) is 0 Å². The first kappa shape index (κ1) is 6.41. The average molecular weight is 141 g/mol. The molecule has 0 unspecified atom stereocenters. The van der Waals surface area contributed by atoms with Crippen molar-refractivity contribution in [1.82, 2.24) is 0 Å². The third kappa shape index (κ3) is 1.25. The van der Waals surface area contributed by atoms with Gasteiger partial charge in [-0.3, -0.25) is 0 Å². The second-order valence-corrected chi connectivity index (χ2v) is 2.54. The van der Waals surface area contributed by atoms with Crippen molar-refractivity contribution in [2.75, 3.05) is 0 Å². The first-order chi connectivity index (χ1) is 5.47. The first-order valence-electron chi connectivity index (χ1n) is 3.74. The van der Waals surface area contributed by atoms with Crippen LogP contribution < -0.4 is 0 Å². The van der Waals surface area contributed by atoms with E-state index in [4.69, 9.17) is 0 Å². The fourth-order valence-electron chi connectivity index (χ4n) is 1.20.